The van der Waals surface area contributed by atoms with Gasteiger partial charge in [-0.2, -0.15) is 4.98 Å². The summed E-state index contributed by atoms with van der Waals surface area (Å²) in [5.41, 5.74) is 4.11. The molecule has 22 nitrogen and oxygen atoms in total. The predicted octanol–water partition coefficient (Wildman–Crippen LogP) is -1.87. The van der Waals surface area contributed by atoms with Crippen LogP contribution in [0.5, 0.6) is 0 Å². The minimum Gasteiger partial charge on any atom is -0.394 e. The third-order valence-corrected chi connectivity index (χ3v) is 8.87. The largest absolute Gasteiger partial charge is 0.695 e. The van der Waals surface area contributed by atoms with Crippen molar-refractivity contribution in [3.63, 3.8) is 0 Å². The Morgan fingerprint density at radius 2 is 1.73 bits per heavy atom. The summed E-state index contributed by atoms with van der Waals surface area (Å²) in [5.74, 6) is -0.278. The Bertz CT molecular complexity index is 1920. The molecule has 6 heterocycles. The molecule has 0 spiro atoms. The number of hydrogen-bond donors (Lipinski definition) is 7. The maximum atomic E-state index is 13.2. The van der Waals surface area contributed by atoms with E-state index in [-0.39, 0.29) is 28.3 Å². The number of H-pyrrole nitrogens is 2. The number of nitrogens with zero attached hydrogens (tertiary/aromatic N) is 6. The number of nitrogens with two attached hydrogens (primary N) is 1. The van der Waals surface area contributed by atoms with Gasteiger partial charge in [0.2, 0.25) is 5.95 Å². The number of imidazole rings is 2. The number of phosphoric ester groups is 1. The molecule has 45 heavy (non-hydrogen) atoms. The van der Waals surface area contributed by atoms with Crippen molar-refractivity contribution in [2.75, 3.05) is 18.9 Å². The monoisotopic (exact) mass is 694 g/mol. The van der Waals surface area contributed by atoms with Crippen molar-refractivity contribution in [1.29, 1.82) is 0 Å². The van der Waals surface area contributed by atoms with Crippen molar-refractivity contribution in [3.8, 4) is 0 Å². The minimum absolute atomic E-state index is 0.0510. The van der Waals surface area contributed by atoms with Crippen LogP contribution in [-0.2, 0) is 32.2 Å². The van der Waals surface area contributed by atoms with E-state index in [1.807, 2.05) is 0 Å². The van der Waals surface area contributed by atoms with Crippen LogP contribution in [0, 0.1) is 0 Å². The smallest absolute Gasteiger partial charge is 0.394 e. The van der Waals surface area contributed by atoms with Gasteiger partial charge in [-0.15, -0.1) is 21.0 Å². The molecule has 0 aliphatic carbocycles. The first-order valence-electron chi connectivity index (χ1n) is 12.7. The van der Waals surface area contributed by atoms with E-state index < -0.39 is 88.8 Å². The van der Waals surface area contributed by atoms with E-state index in [4.69, 9.17) is 40.4 Å². The van der Waals surface area contributed by atoms with Gasteiger partial charge in [0.05, 0.1) is 32.2 Å². The van der Waals surface area contributed by atoms with Crippen LogP contribution < -0.4 is 16.9 Å². The molecular formula is C20H23ClN9O13P2+. The number of fused-ring (bicyclic) bond motifs is 2. The number of ether oxygens (including phenoxy) is 2. The van der Waals surface area contributed by atoms with Crippen LogP contribution in [0.25, 0.3) is 22.3 Å². The highest BCUT2D eigenvalue weighted by Crippen LogP contribution is 2.50. The van der Waals surface area contributed by atoms with Crippen molar-refractivity contribution in [3.05, 3.63) is 39.7 Å². The average molecular weight is 695 g/mol. The summed E-state index contributed by atoms with van der Waals surface area (Å²) in [7, 11) is -8.39. The lowest BCUT2D eigenvalue weighted by Crippen LogP contribution is -2.35. The summed E-state index contributed by atoms with van der Waals surface area (Å²) in [5, 5.41) is 19.2. The lowest BCUT2D eigenvalue weighted by Gasteiger charge is -2.24. The molecule has 2 unspecified atom stereocenters. The fraction of sp³-hybridized carbons (Fsp3) is 0.500. The molecule has 2 fully saturated rings. The highest BCUT2D eigenvalue weighted by molar-refractivity contribution is 7.47. The van der Waals surface area contributed by atoms with Crippen molar-refractivity contribution in [2.45, 2.75) is 48.4 Å². The average Bonchev–Trinajstić information content (AvgIpc) is 3.73. The fourth-order valence-electron chi connectivity index (χ4n) is 5.02. The van der Waals surface area contributed by atoms with Crippen LogP contribution in [0.15, 0.2) is 28.6 Å². The number of aliphatic hydroxyl groups is 2. The molecule has 0 bridgehead atoms. The molecule has 0 amide bonds. The molecule has 0 aromatic carbocycles. The number of halogens is 1. The number of rotatable bonds is 10. The quantitative estimate of drug-likeness (QED) is 0.0706. The second kappa shape index (κ2) is 12.2. The molecule has 2 aliphatic rings. The van der Waals surface area contributed by atoms with E-state index in [2.05, 4.69) is 29.9 Å². The van der Waals surface area contributed by atoms with Crippen LogP contribution in [0.4, 0.5) is 5.95 Å². The van der Waals surface area contributed by atoms with Gasteiger partial charge in [0.25, 0.3) is 11.1 Å². The zero-order chi connectivity index (χ0) is 32.2. The number of aromatic nitrogens is 8. The molecule has 0 saturated carbocycles. The van der Waals surface area contributed by atoms with E-state index in [1.54, 1.807) is 0 Å². The maximum Gasteiger partial charge on any atom is 0.695 e. The van der Waals surface area contributed by atoms with Crippen LogP contribution in [-0.4, -0.2) is 108 Å². The van der Waals surface area contributed by atoms with E-state index in [1.165, 1.54) is 10.9 Å². The molecular weight excluding hydrogens is 672 g/mol. The Labute approximate surface area is 254 Å². The third kappa shape index (κ3) is 5.91. The maximum absolute atomic E-state index is 13.2. The zero-order valence-electron chi connectivity index (χ0n) is 22.3. The van der Waals surface area contributed by atoms with Crippen molar-refractivity contribution >= 4 is 56.0 Å². The second-order valence-corrected chi connectivity index (χ2v) is 12.3. The fourth-order valence-corrected chi connectivity index (χ4v) is 6.89. The normalized spacial score (nSPS) is 30.3. The first-order valence-corrected chi connectivity index (χ1v) is 15.8. The van der Waals surface area contributed by atoms with E-state index in [0.29, 0.717) is 0 Å². The molecule has 8 N–H and O–H groups in total. The summed E-state index contributed by atoms with van der Waals surface area (Å²) in [6.45, 7) is -1.53. The molecule has 2 aliphatic heterocycles. The van der Waals surface area contributed by atoms with E-state index >= 15 is 0 Å². The summed E-state index contributed by atoms with van der Waals surface area (Å²) >= 11 is 6.51. The molecule has 4 aromatic rings. The summed E-state index contributed by atoms with van der Waals surface area (Å²) in [6, 6.07) is 0. The first kappa shape index (κ1) is 31.7. The lowest BCUT2D eigenvalue weighted by molar-refractivity contribution is -0.0579. The van der Waals surface area contributed by atoms with Crippen LogP contribution in [0.2, 0.25) is 0 Å². The van der Waals surface area contributed by atoms with Gasteiger partial charge < -0.3 is 35.3 Å². The molecule has 6 rings (SSSR count). The standard InChI is InChI=1S/C20H22ClN9O13P2/c21-8-12(42-44(35)36)7(41-18(8)29-4-25-9-14(29)23-3-24-16(9)33)2-39-45(37,38)43-13-11(32)6(1-31)40-19(13)30-5-26-10-15(30)27-20(22)28-17(10)34/h3-8,11-13,18-19,31-32H,1-2H2,(H5-,22,23,24,27,28,33,34,35,36,37,38)/p+1/t6-,7-,8+,11-,12-,13-,18-,19-/m1/s1. The number of phosphoric acid groups is 1. The van der Waals surface area contributed by atoms with Gasteiger partial charge in [-0.05, 0) is 0 Å². The predicted molar refractivity (Wildman–Crippen MR) is 147 cm³/mol. The second-order valence-electron chi connectivity index (χ2n) is 9.72. The molecule has 25 heteroatoms. The Balaban J connectivity index is 1.23. The molecule has 242 valence electrons. The Hall–Kier alpha value is -3.24. The Morgan fingerprint density at radius 1 is 1.07 bits per heavy atom. The first-order chi connectivity index (χ1) is 21.4. The van der Waals surface area contributed by atoms with Crippen molar-refractivity contribution < 1.29 is 52.2 Å². The summed E-state index contributed by atoms with van der Waals surface area (Å²) in [6.07, 6.45) is -6.72. The molecule has 10 atom stereocenters. The zero-order valence-corrected chi connectivity index (χ0v) is 24.8. The van der Waals surface area contributed by atoms with Gasteiger partial charge in [0.1, 0.15) is 29.8 Å². The molecule has 2 saturated heterocycles. The summed E-state index contributed by atoms with van der Waals surface area (Å²) in [4.78, 5) is 64.9. The number of aromatic amines is 2. The highest BCUT2D eigenvalue weighted by atomic mass is 35.5. The van der Waals surface area contributed by atoms with Crippen LogP contribution >= 0.6 is 27.7 Å². The lowest BCUT2D eigenvalue weighted by atomic mass is 10.1. The third-order valence-electron chi connectivity index (χ3n) is 6.99. The minimum atomic E-state index is -5.15. The van der Waals surface area contributed by atoms with E-state index in [9.17, 15) is 38.7 Å². The van der Waals surface area contributed by atoms with Gasteiger partial charge >= 0.3 is 16.1 Å². The Kier molecular flexibility index (Phi) is 8.58. The van der Waals surface area contributed by atoms with Gasteiger partial charge in [0.15, 0.2) is 40.9 Å². The number of nitrogen functional groups attached to an aromatic ring is 1. The molecule has 0 radical (unpaired) electrons. The number of nitrogens with one attached hydrogen (secondary N) is 2. The van der Waals surface area contributed by atoms with Gasteiger partial charge in [-0.1, -0.05) is 0 Å². The SMILES string of the molecule is Nc1nc2c(ncn2[C@@H]2O[C@H](CO)[C@@H](O)[C@H]2OP(=O)(O)OC[C@H]2O[C@@H](n3cnc4c(=O)[nH]cnc43)[C@@H](Cl)[C@@H]2O[P+](=O)O)c(=O)[nH]1. The van der Waals surface area contributed by atoms with Crippen molar-refractivity contribution in [1.82, 2.24) is 39.0 Å². The van der Waals surface area contributed by atoms with Crippen LogP contribution in [0.3, 0.4) is 0 Å². The van der Waals surface area contributed by atoms with Gasteiger partial charge in [-0.3, -0.25) is 32.8 Å². The van der Waals surface area contributed by atoms with Gasteiger partial charge in [0, 0.05) is 4.57 Å². The Morgan fingerprint density at radius 3 is 2.42 bits per heavy atom. The topological polar surface area (TPSA) is 314 Å². The number of aliphatic hydroxyl groups excluding tert-OH is 2. The number of anilines is 1. The van der Waals surface area contributed by atoms with E-state index in [0.717, 1.165) is 17.2 Å². The number of hydrogen-bond acceptors (Lipinski definition) is 16. The summed E-state index contributed by atoms with van der Waals surface area (Å²) < 4.78 is 54.0. The van der Waals surface area contributed by atoms with Crippen molar-refractivity contribution in [2.24, 2.45) is 0 Å². The number of alkyl halides is 1. The highest BCUT2D eigenvalue weighted by Gasteiger charge is 2.53. The van der Waals surface area contributed by atoms with Gasteiger partial charge in [-0.25, -0.2) is 19.5 Å². The molecule has 4 aromatic heterocycles. The van der Waals surface area contributed by atoms with Crippen LogP contribution in [0.1, 0.15) is 12.5 Å².